The van der Waals surface area contributed by atoms with Gasteiger partial charge in [-0.15, -0.1) is 9.24 Å². The molecule has 4 aromatic rings. The highest BCUT2D eigenvalue weighted by Crippen LogP contribution is 2.42. The highest BCUT2D eigenvalue weighted by atomic mass is 127. The predicted molar refractivity (Wildman–Crippen MR) is 190 cm³/mol. The number of halogens is 5. The Bertz CT molecular complexity index is 1530. The molecule has 4 rings (SSSR count). The lowest BCUT2D eigenvalue weighted by Gasteiger charge is -2.37. The van der Waals surface area contributed by atoms with Crippen LogP contribution >= 0.6 is 54.4 Å². The molecule has 1 N–H and O–H groups in total. The molecular weight excluding hydrogens is 792 g/mol. The number of hydrogen-bond acceptors (Lipinski definition) is 1. The van der Waals surface area contributed by atoms with Gasteiger partial charge in [0.05, 0.1) is 5.56 Å². The number of benzene rings is 4. The van der Waals surface area contributed by atoms with Gasteiger partial charge in [0.1, 0.15) is 5.82 Å². The van der Waals surface area contributed by atoms with Gasteiger partial charge in [-0.3, -0.25) is 4.79 Å². The first-order valence-electron chi connectivity index (χ1n) is 13.9. The molecule has 0 aliphatic carbocycles. The number of amides is 1. The maximum Gasteiger partial charge on any atom is 0.324 e. The third kappa shape index (κ3) is 8.20. The molecule has 226 valence electrons. The van der Waals surface area contributed by atoms with Gasteiger partial charge in [0.2, 0.25) is 0 Å². The van der Waals surface area contributed by atoms with E-state index in [1.807, 2.05) is 30.3 Å². The quantitative estimate of drug-likeness (QED) is 0.0964. The van der Waals surface area contributed by atoms with Crippen LogP contribution in [-0.2, 0) is 24.3 Å². The van der Waals surface area contributed by atoms with Crippen molar-refractivity contribution in [3.8, 4) is 0 Å². The number of nitrogens with one attached hydrogen (secondary N) is 1. The first-order chi connectivity index (χ1) is 20.0. The zero-order chi connectivity index (χ0) is 31.6. The molecule has 0 radical (unpaired) electrons. The summed E-state index contributed by atoms with van der Waals surface area (Å²) in [5.74, 6) is -1.60. The van der Waals surface area contributed by atoms with Gasteiger partial charge >= 0.3 is 3.93 Å². The van der Waals surface area contributed by atoms with E-state index in [4.69, 9.17) is 0 Å². The van der Waals surface area contributed by atoms with Crippen molar-refractivity contribution in [2.45, 2.75) is 52.0 Å². The van der Waals surface area contributed by atoms with Crippen LogP contribution in [0.1, 0.15) is 71.4 Å². The van der Waals surface area contributed by atoms with Crippen molar-refractivity contribution in [3.63, 3.8) is 0 Å². The molecule has 0 aromatic heterocycles. The van der Waals surface area contributed by atoms with Crippen LogP contribution in [0.5, 0.6) is 0 Å². The van der Waals surface area contributed by atoms with Crippen molar-refractivity contribution in [2.24, 2.45) is 0 Å². The Morgan fingerprint density at radius 1 is 0.767 bits per heavy atom. The fourth-order valence-corrected chi connectivity index (χ4v) is 6.13. The fraction of sp³-hybridized carbons (Fsp3) is 0.286. The first-order valence-corrected chi connectivity index (χ1v) is 16.6. The lowest BCUT2D eigenvalue weighted by molar-refractivity contribution is 0.0944. The van der Waals surface area contributed by atoms with Crippen LogP contribution in [-0.4, -0.2) is 12.5 Å². The van der Waals surface area contributed by atoms with Gasteiger partial charge in [-0.1, -0.05) is 115 Å². The minimum atomic E-state index is -3.45. The van der Waals surface area contributed by atoms with Crippen LogP contribution in [0.3, 0.4) is 0 Å². The normalized spacial score (nSPS) is 13.8. The molecule has 2 atom stereocenters. The minimum absolute atomic E-state index is 0.0247. The second-order valence-corrected chi connectivity index (χ2v) is 17.5. The average molecular weight is 827 g/mol. The third-order valence-electron chi connectivity index (χ3n) is 7.69. The predicted octanol–water partition coefficient (Wildman–Crippen LogP) is 10.0. The smallest absolute Gasteiger partial charge is 0.324 e. The lowest BCUT2D eigenvalue weighted by atomic mass is 9.69. The zero-order valence-corrected chi connectivity index (χ0v) is 30.0. The molecule has 0 aliphatic rings. The van der Waals surface area contributed by atoms with E-state index in [0.717, 1.165) is 62.5 Å². The van der Waals surface area contributed by atoms with Crippen molar-refractivity contribution in [3.05, 3.63) is 142 Å². The maximum atomic E-state index is 14.2. The molecule has 8 heteroatoms. The molecule has 2 nitrogen and oxygen atoms in total. The summed E-state index contributed by atoms with van der Waals surface area (Å²) in [7, 11) is 2.90. The molecule has 0 fully saturated rings. The number of carbonyl (C=O) groups is 1. The Hall–Kier alpha value is -1.97. The Morgan fingerprint density at radius 2 is 1.33 bits per heavy atom. The van der Waals surface area contributed by atoms with Crippen molar-refractivity contribution in [2.75, 3.05) is 6.54 Å². The van der Waals surface area contributed by atoms with E-state index >= 15 is 0 Å². The molecular formula is C35H35F3I2NOP. The number of rotatable bonds is 10. The summed E-state index contributed by atoms with van der Waals surface area (Å²) in [5, 5.41) is 2.86. The first kappa shape index (κ1) is 33.9. The Labute approximate surface area is 282 Å². The highest BCUT2D eigenvalue weighted by molar-refractivity contribution is 14.1. The lowest BCUT2D eigenvalue weighted by Crippen LogP contribution is -2.44. The van der Waals surface area contributed by atoms with E-state index in [1.165, 1.54) is 6.07 Å². The van der Waals surface area contributed by atoms with Crippen molar-refractivity contribution < 1.29 is 18.0 Å². The van der Waals surface area contributed by atoms with E-state index in [2.05, 4.69) is 113 Å². The Morgan fingerprint density at radius 3 is 1.88 bits per heavy atom. The van der Waals surface area contributed by atoms with Crippen LogP contribution in [0.2, 0.25) is 0 Å². The van der Waals surface area contributed by atoms with Crippen LogP contribution in [0.4, 0.5) is 13.2 Å². The van der Waals surface area contributed by atoms with E-state index in [0.29, 0.717) is 6.42 Å². The summed E-state index contributed by atoms with van der Waals surface area (Å²) in [6.07, 6.45) is 0.570. The van der Waals surface area contributed by atoms with Gasteiger partial charge in [0.25, 0.3) is 5.91 Å². The zero-order valence-electron chi connectivity index (χ0n) is 24.5. The summed E-state index contributed by atoms with van der Waals surface area (Å²) in [4.78, 5) is 13.6. The Balaban J connectivity index is 1.90. The molecule has 4 aromatic carbocycles. The molecule has 0 saturated heterocycles. The Kier molecular flexibility index (Phi) is 10.4. The van der Waals surface area contributed by atoms with E-state index in [9.17, 15) is 18.0 Å². The van der Waals surface area contributed by atoms with E-state index in [1.54, 1.807) is 0 Å². The van der Waals surface area contributed by atoms with E-state index in [-0.39, 0.29) is 20.7 Å². The van der Waals surface area contributed by atoms with Crippen molar-refractivity contribution in [1.82, 2.24) is 5.32 Å². The SMILES string of the molecule is CC(C)(P)c1cccc(C(CNC(=O)c2ccc(F)c(C(F)(F)I)c2)(Cc2ccccc2)c2cccc(C(C)(C)I)c2)c1. The van der Waals surface area contributed by atoms with Crippen molar-refractivity contribution in [1.29, 1.82) is 0 Å². The summed E-state index contributed by atoms with van der Waals surface area (Å²) in [5.41, 5.74) is 3.83. The van der Waals surface area contributed by atoms with Crippen LogP contribution in [0.15, 0.2) is 97.1 Å². The standard InChI is InChI=1S/C35H35F3I2NOP/c1-32(2,39)25-12-8-14-27(19-25)34(21-23-10-6-5-7-11-23,28-15-9-13-26(20-28)33(3,4)43)22-41-31(42)24-16-17-30(36)29(18-24)35(37,38)40/h5-20H,21-22,43H2,1-4H3,(H,41,42). The van der Waals surface area contributed by atoms with Gasteiger partial charge < -0.3 is 5.32 Å². The monoisotopic (exact) mass is 827 g/mol. The molecule has 0 saturated carbocycles. The summed E-state index contributed by atoms with van der Waals surface area (Å²) in [6.45, 7) is 8.75. The van der Waals surface area contributed by atoms with E-state index < -0.39 is 26.6 Å². The van der Waals surface area contributed by atoms with Crippen LogP contribution < -0.4 is 5.32 Å². The third-order valence-corrected chi connectivity index (χ3v) is 9.23. The molecule has 2 unspecified atom stereocenters. The van der Waals surface area contributed by atoms with Crippen molar-refractivity contribution >= 4 is 60.3 Å². The summed E-state index contributed by atoms with van der Waals surface area (Å²) in [6, 6.07) is 30.1. The van der Waals surface area contributed by atoms with Crippen LogP contribution in [0.25, 0.3) is 0 Å². The highest BCUT2D eigenvalue weighted by Gasteiger charge is 2.37. The van der Waals surface area contributed by atoms with Gasteiger partial charge in [0.15, 0.2) is 0 Å². The van der Waals surface area contributed by atoms with Gasteiger partial charge in [-0.2, -0.15) is 8.78 Å². The molecule has 1 amide bonds. The number of carbonyl (C=O) groups excluding carboxylic acids is 1. The molecule has 43 heavy (non-hydrogen) atoms. The second kappa shape index (κ2) is 13.2. The van der Waals surface area contributed by atoms with Crippen LogP contribution in [0, 0.1) is 5.82 Å². The molecule has 0 aliphatic heterocycles. The fourth-order valence-electron chi connectivity index (χ4n) is 5.20. The molecule has 0 bridgehead atoms. The van der Waals surface area contributed by atoms with Gasteiger partial charge in [-0.05, 0) is 66.3 Å². The summed E-state index contributed by atoms with van der Waals surface area (Å²) >= 11 is 3.31. The maximum absolute atomic E-state index is 14.2. The molecule has 0 heterocycles. The average Bonchev–Trinajstić information content (AvgIpc) is 2.94. The van der Waals surface area contributed by atoms with Gasteiger partial charge in [0, 0.05) is 48.7 Å². The molecule has 0 spiro atoms. The number of alkyl halides is 4. The number of hydrogen-bond donors (Lipinski definition) is 1. The minimum Gasteiger partial charge on any atom is -0.351 e. The largest absolute Gasteiger partial charge is 0.351 e. The second-order valence-electron chi connectivity index (χ2n) is 12.0. The summed E-state index contributed by atoms with van der Waals surface area (Å²) < 4.78 is 38.8. The topological polar surface area (TPSA) is 29.1 Å². The van der Waals surface area contributed by atoms with Gasteiger partial charge in [-0.25, -0.2) is 4.39 Å².